The summed E-state index contributed by atoms with van der Waals surface area (Å²) in [7, 11) is 0. The third-order valence-corrected chi connectivity index (χ3v) is 4.30. The molecule has 1 aliphatic carbocycles. The van der Waals surface area contributed by atoms with E-state index in [9.17, 15) is 20.0 Å². The van der Waals surface area contributed by atoms with E-state index in [1.807, 2.05) is 0 Å². The molecular formula is C15H20N2O4. The molecule has 1 aromatic rings. The summed E-state index contributed by atoms with van der Waals surface area (Å²) in [5, 5.41) is 23.4. The summed E-state index contributed by atoms with van der Waals surface area (Å²) >= 11 is 0. The molecule has 114 valence electrons. The Morgan fingerprint density at radius 1 is 1.48 bits per heavy atom. The topological polar surface area (TPSA) is 92.5 Å². The molecule has 2 rings (SSSR count). The van der Waals surface area contributed by atoms with Crippen LogP contribution in [0.2, 0.25) is 0 Å². The quantitative estimate of drug-likeness (QED) is 0.621. The standard InChI is InChI=1S/C15H20N2O4/c1-10-4-2-5-11(10)8-16-9-12-6-3-7-13(17(20)21)14(12)15(18)19/h3,6-7,10-11,16H,2,4-5,8-9H2,1H3,(H,18,19). The fraction of sp³-hybridized carbons (Fsp3) is 0.533. The lowest BCUT2D eigenvalue weighted by Gasteiger charge is -2.16. The van der Waals surface area contributed by atoms with E-state index < -0.39 is 10.9 Å². The molecule has 0 spiro atoms. The molecule has 1 fully saturated rings. The second-order valence-electron chi connectivity index (χ2n) is 5.67. The SMILES string of the molecule is CC1CCCC1CNCc1cccc([N+](=O)[O-])c1C(=O)O. The van der Waals surface area contributed by atoms with Gasteiger partial charge in [0.25, 0.3) is 5.69 Å². The Balaban J connectivity index is 2.07. The molecule has 1 aliphatic rings. The molecule has 0 amide bonds. The van der Waals surface area contributed by atoms with E-state index in [0.29, 0.717) is 23.9 Å². The number of nitrogens with one attached hydrogen (secondary N) is 1. The van der Waals surface area contributed by atoms with Crippen LogP contribution in [0.5, 0.6) is 0 Å². The van der Waals surface area contributed by atoms with E-state index in [1.165, 1.54) is 31.4 Å². The zero-order valence-corrected chi connectivity index (χ0v) is 12.0. The van der Waals surface area contributed by atoms with Gasteiger partial charge in [0.2, 0.25) is 0 Å². The number of benzene rings is 1. The molecule has 2 unspecified atom stereocenters. The van der Waals surface area contributed by atoms with Crippen LogP contribution in [0.25, 0.3) is 0 Å². The number of carbonyl (C=O) groups is 1. The van der Waals surface area contributed by atoms with Gasteiger partial charge in [-0.3, -0.25) is 10.1 Å². The van der Waals surface area contributed by atoms with E-state index in [0.717, 1.165) is 6.54 Å². The summed E-state index contributed by atoms with van der Waals surface area (Å²) in [6.07, 6.45) is 3.67. The normalized spacial score (nSPS) is 21.4. The molecular weight excluding hydrogens is 272 g/mol. The molecule has 0 heterocycles. The van der Waals surface area contributed by atoms with Gasteiger partial charge in [-0.05, 0) is 30.4 Å². The summed E-state index contributed by atoms with van der Waals surface area (Å²) in [6, 6.07) is 4.38. The largest absolute Gasteiger partial charge is 0.477 e. The highest BCUT2D eigenvalue weighted by Gasteiger charge is 2.25. The van der Waals surface area contributed by atoms with Gasteiger partial charge >= 0.3 is 5.97 Å². The fourth-order valence-electron chi connectivity index (χ4n) is 3.05. The summed E-state index contributed by atoms with van der Waals surface area (Å²) < 4.78 is 0. The van der Waals surface area contributed by atoms with Gasteiger partial charge in [-0.2, -0.15) is 0 Å². The Hall–Kier alpha value is -1.95. The van der Waals surface area contributed by atoms with Gasteiger partial charge in [-0.15, -0.1) is 0 Å². The lowest BCUT2D eigenvalue weighted by atomic mass is 9.98. The Morgan fingerprint density at radius 2 is 2.24 bits per heavy atom. The zero-order valence-electron chi connectivity index (χ0n) is 12.0. The van der Waals surface area contributed by atoms with Gasteiger partial charge in [0.05, 0.1) is 4.92 Å². The molecule has 0 radical (unpaired) electrons. The van der Waals surface area contributed by atoms with Crippen molar-refractivity contribution < 1.29 is 14.8 Å². The molecule has 0 aliphatic heterocycles. The number of carboxylic acid groups (broad SMARTS) is 1. The highest BCUT2D eigenvalue weighted by molar-refractivity contribution is 5.94. The molecule has 1 aromatic carbocycles. The summed E-state index contributed by atoms with van der Waals surface area (Å²) in [5.41, 5.74) is -0.104. The summed E-state index contributed by atoms with van der Waals surface area (Å²) in [4.78, 5) is 21.6. The number of nitrogens with zero attached hydrogens (tertiary/aromatic N) is 1. The first kappa shape index (κ1) is 15.4. The number of aromatic carboxylic acids is 1. The molecule has 2 atom stereocenters. The highest BCUT2D eigenvalue weighted by Crippen LogP contribution is 2.30. The van der Waals surface area contributed by atoms with Crippen LogP contribution in [0.1, 0.15) is 42.1 Å². The van der Waals surface area contributed by atoms with E-state index >= 15 is 0 Å². The van der Waals surface area contributed by atoms with Crippen molar-refractivity contribution in [2.75, 3.05) is 6.54 Å². The van der Waals surface area contributed by atoms with Crippen molar-refractivity contribution in [1.82, 2.24) is 5.32 Å². The number of nitro benzene ring substituents is 1. The van der Waals surface area contributed by atoms with Gasteiger partial charge in [0, 0.05) is 12.6 Å². The van der Waals surface area contributed by atoms with Crippen LogP contribution in [0.4, 0.5) is 5.69 Å². The molecule has 2 N–H and O–H groups in total. The monoisotopic (exact) mass is 292 g/mol. The smallest absolute Gasteiger partial charge is 0.343 e. The average molecular weight is 292 g/mol. The van der Waals surface area contributed by atoms with Crippen LogP contribution in [-0.4, -0.2) is 22.5 Å². The average Bonchev–Trinajstić information content (AvgIpc) is 2.84. The van der Waals surface area contributed by atoms with Gasteiger partial charge in [0.15, 0.2) is 0 Å². The number of rotatable bonds is 6. The van der Waals surface area contributed by atoms with Crippen LogP contribution >= 0.6 is 0 Å². The molecule has 0 saturated heterocycles. The Morgan fingerprint density at radius 3 is 2.81 bits per heavy atom. The molecule has 0 bridgehead atoms. The summed E-state index contributed by atoms with van der Waals surface area (Å²) in [6.45, 7) is 3.39. The number of nitro groups is 1. The lowest BCUT2D eigenvalue weighted by molar-refractivity contribution is -0.385. The Labute approximate surface area is 123 Å². The van der Waals surface area contributed by atoms with Crippen LogP contribution in [0.15, 0.2) is 18.2 Å². The lowest BCUT2D eigenvalue weighted by Crippen LogP contribution is -2.25. The number of hydrogen-bond acceptors (Lipinski definition) is 4. The third kappa shape index (κ3) is 3.58. The van der Waals surface area contributed by atoms with Gasteiger partial charge in [-0.25, -0.2) is 4.79 Å². The summed E-state index contributed by atoms with van der Waals surface area (Å²) in [5.74, 6) is 0.0341. The van der Waals surface area contributed by atoms with E-state index in [2.05, 4.69) is 12.2 Å². The maximum Gasteiger partial charge on any atom is 0.343 e. The van der Waals surface area contributed by atoms with Crippen molar-refractivity contribution in [3.8, 4) is 0 Å². The fourth-order valence-corrected chi connectivity index (χ4v) is 3.05. The van der Waals surface area contributed by atoms with Crippen molar-refractivity contribution in [2.45, 2.75) is 32.7 Å². The van der Waals surface area contributed by atoms with Crippen molar-refractivity contribution >= 4 is 11.7 Å². The zero-order chi connectivity index (χ0) is 15.4. The van der Waals surface area contributed by atoms with Crippen molar-refractivity contribution in [2.24, 2.45) is 11.8 Å². The van der Waals surface area contributed by atoms with Crippen LogP contribution < -0.4 is 5.32 Å². The second-order valence-corrected chi connectivity index (χ2v) is 5.67. The van der Waals surface area contributed by atoms with Crippen molar-refractivity contribution in [3.63, 3.8) is 0 Å². The van der Waals surface area contributed by atoms with Crippen molar-refractivity contribution in [1.29, 1.82) is 0 Å². The minimum atomic E-state index is -1.26. The number of hydrogen-bond donors (Lipinski definition) is 2. The number of carboxylic acids is 1. The highest BCUT2D eigenvalue weighted by atomic mass is 16.6. The van der Waals surface area contributed by atoms with Gasteiger partial charge < -0.3 is 10.4 Å². The van der Waals surface area contributed by atoms with Gasteiger partial charge in [-0.1, -0.05) is 31.9 Å². The van der Waals surface area contributed by atoms with Gasteiger partial charge in [0.1, 0.15) is 5.56 Å². The Kier molecular flexibility index (Phi) is 4.90. The van der Waals surface area contributed by atoms with Crippen LogP contribution in [-0.2, 0) is 6.54 Å². The molecule has 21 heavy (non-hydrogen) atoms. The molecule has 1 saturated carbocycles. The maximum atomic E-state index is 11.3. The van der Waals surface area contributed by atoms with Crippen LogP contribution in [0.3, 0.4) is 0 Å². The van der Waals surface area contributed by atoms with E-state index in [1.54, 1.807) is 6.07 Å². The molecule has 0 aromatic heterocycles. The van der Waals surface area contributed by atoms with E-state index in [-0.39, 0.29) is 11.3 Å². The van der Waals surface area contributed by atoms with Crippen LogP contribution in [0, 0.1) is 22.0 Å². The molecule has 6 nitrogen and oxygen atoms in total. The minimum absolute atomic E-state index is 0.213. The Bertz CT molecular complexity index is 544. The third-order valence-electron chi connectivity index (χ3n) is 4.30. The first-order valence-electron chi connectivity index (χ1n) is 7.21. The molecule has 6 heteroatoms. The first-order valence-corrected chi connectivity index (χ1v) is 7.21. The van der Waals surface area contributed by atoms with E-state index in [4.69, 9.17) is 0 Å². The predicted octanol–water partition coefficient (Wildman–Crippen LogP) is 2.82. The first-order chi connectivity index (χ1) is 10.0. The minimum Gasteiger partial charge on any atom is -0.477 e. The second kappa shape index (κ2) is 6.67. The predicted molar refractivity (Wildman–Crippen MR) is 78.3 cm³/mol. The van der Waals surface area contributed by atoms with Crippen molar-refractivity contribution in [3.05, 3.63) is 39.4 Å². The maximum absolute atomic E-state index is 11.3.